The summed E-state index contributed by atoms with van der Waals surface area (Å²) in [6.45, 7) is 3.15. The van der Waals surface area contributed by atoms with Crippen LogP contribution in [0.4, 0.5) is 5.69 Å². The number of hydrogen-bond donors (Lipinski definition) is 1. The summed E-state index contributed by atoms with van der Waals surface area (Å²) in [7, 11) is 0. The van der Waals surface area contributed by atoms with E-state index >= 15 is 0 Å². The van der Waals surface area contributed by atoms with Crippen molar-refractivity contribution >= 4 is 27.6 Å². The van der Waals surface area contributed by atoms with Crippen molar-refractivity contribution in [2.45, 2.75) is 45.1 Å². The molecule has 0 saturated carbocycles. The van der Waals surface area contributed by atoms with Crippen LogP contribution in [0.2, 0.25) is 0 Å². The molecular weight excluding hydrogens is 306 g/mol. The van der Waals surface area contributed by atoms with Gasteiger partial charge in [0.05, 0.1) is 11.3 Å². The summed E-state index contributed by atoms with van der Waals surface area (Å²) in [6, 6.07) is 6.05. The summed E-state index contributed by atoms with van der Waals surface area (Å²) in [5, 5.41) is 9.39. The topological polar surface area (TPSA) is 40.5 Å². The minimum absolute atomic E-state index is 0.400. The Morgan fingerprint density at radius 3 is 2.95 bits per heavy atom. The molecule has 0 radical (unpaired) electrons. The molecule has 3 nitrogen and oxygen atoms in total. The zero-order valence-corrected chi connectivity index (χ0v) is 12.8. The third-order valence-electron chi connectivity index (χ3n) is 3.75. The lowest BCUT2D eigenvalue weighted by atomic mass is 9.96. The second-order valence-corrected chi connectivity index (χ2v) is 6.01. The van der Waals surface area contributed by atoms with E-state index in [1.165, 1.54) is 12.8 Å². The van der Waals surface area contributed by atoms with Gasteiger partial charge in [0.2, 0.25) is 0 Å². The van der Waals surface area contributed by atoms with Crippen molar-refractivity contribution < 1.29 is 9.90 Å². The van der Waals surface area contributed by atoms with E-state index in [9.17, 15) is 9.90 Å². The first-order valence-corrected chi connectivity index (χ1v) is 7.72. The van der Waals surface area contributed by atoms with Crippen LogP contribution in [-0.4, -0.2) is 23.7 Å². The van der Waals surface area contributed by atoms with Gasteiger partial charge in [-0.25, -0.2) is 4.79 Å². The Hall–Kier alpha value is -1.03. The van der Waals surface area contributed by atoms with Crippen LogP contribution in [0.5, 0.6) is 0 Å². The van der Waals surface area contributed by atoms with E-state index in [0.29, 0.717) is 11.6 Å². The molecular formula is C15H20BrNO2. The molecule has 1 aromatic carbocycles. The first-order valence-electron chi connectivity index (χ1n) is 6.93. The lowest BCUT2D eigenvalue weighted by molar-refractivity contribution is 0.0697. The number of carbonyl (C=O) groups is 1. The molecule has 1 fully saturated rings. The highest BCUT2D eigenvalue weighted by Gasteiger charge is 2.25. The van der Waals surface area contributed by atoms with Crippen LogP contribution in [0.15, 0.2) is 22.7 Å². The number of nitrogens with zero attached hydrogens (tertiary/aromatic N) is 1. The lowest BCUT2D eigenvalue weighted by Gasteiger charge is -2.38. The number of piperidine rings is 1. The van der Waals surface area contributed by atoms with Gasteiger partial charge in [-0.2, -0.15) is 0 Å². The van der Waals surface area contributed by atoms with Crippen LogP contribution in [-0.2, 0) is 0 Å². The summed E-state index contributed by atoms with van der Waals surface area (Å²) < 4.78 is 0.817. The maximum Gasteiger partial charge on any atom is 0.337 e. The maximum absolute atomic E-state index is 11.4. The summed E-state index contributed by atoms with van der Waals surface area (Å²) >= 11 is 3.35. The first kappa shape index (κ1) is 14.4. The van der Waals surface area contributed by atoms with Crippen molar-refractivity contribution in [2.24, 2.45) is 0 Å². The van der Waals surface area contributed by atoms with Gasteiger partial charge in [-0.3, -0.25) is 0 Å². The van der Waals surface area contributed by atoms with E-state index < -0.39 is 5.97 Å². The van der Waals surface area contributed by atoms with E-state index in [4.69, 9.17) is 0 Å². The van der Waals surface area contributed by atoms with E-state index in [2.05, 4.69) is 27.8 Å². The number of rotatable bonds is 4. The van der Waals surface area contributed by atoms with Crippen molar-refractivity contribution in [1.82, 2.24) is 0 Å². The van der Waals surface area contributed by atoms with Crippen molar-refractivity contribution in [3.05, 3.63) is 28.2 Å². The largest absolute Gasteiger partial charge is 0.478 e. The maximum atomic E-state index is 11.4. The minimum atomic E-state index is -0.850. The summed E-state index contributed by atoms with van der Waals surface area (Å²) in [5.74, 6) is -0.850. The van der Waals surface area contributed by atoms with Gasteiger partial charge in [0.15, 0.2) is 0 Å². The van der Waals surface area contributed by atoms with Gasteiger partial charge in [0, 0.05) is 17.1 Å². The second-order valence-electron chi connectivity index (χ2n) is 5.10. The number of carboxylic acids is 1. The van der Waals surface area contributed by atoms with Gasteiger partial charge in [-0.05, 0) is 43.9 Å². The van der Waals surface area contributed by atoms with Gasteiger partial charge in [0.25, 0.3) is 0 Å². The summed E-state index contributed by atoms with van der Waals surface area (Å²) in [4.78, 5) is 13.7. The number of benzene rings is 1. The standard InChI is InChI=1S/C15H20BrNO2/c1-2-5-12-6-3-4-9-17(12)14-8-7-11(16)10-13(14)15(18)19/h7-8,10,12H,2-6,9H2,1H3,(H,18,19). The molecule has 19 heavy (non-hydrogen) atoms. The molecule has 0 spiro atoms. The monoisotopic (exact) mass is 325 g/mol. The van der Waals surface area contributed by atoms with Crippen LogP contribution >= 0.6 is 15.9 Å². The molecule has 0 aliphatic carbocycles. The lowest BCUT2D eigenvalue weighted by Crippen LogP contribution is -2.40. The van der Waals surface area contributed by atoms with Crippen LogP contribution in [0, 0.1) is 0 Å². The third-order valence-corrected chi connectivity index (χ3v) is 4.24. The number of hydrogen-bond acceptors (Lipinski definition) is 2. The zero-order chi connectivity index (χ0) is 13.8. The van der Waals surface area contributed by atoms with Crippen molar-refractivity contribution in [1.29, 1.82) is 0 Å². The normalized spacial score (nSPS) is 19.5. The summed E-state index contributed by atoms with van der Waals surface area (Å²) in [5.41, 5.74) is 1.27. The second kappa shape index (κ2) is 6.42. The molecule has 1 unspecified atom stereocenters. The number of halogens is 1. The Morgan fingerprint density at radius 2 is 2.26 bits per heavy atom. The zero-order valence-electron chi connectivity index (χ0n) is 11.2. The molecule has 0 bridgehead atoms. The predicted octanol–water partition coefficient (Wildman–Crippen LogP) is 4.31. The molecule has 0 amide bonds. The SMILES string of the molecule is CCCC1CCCCN1c1ccc(Br)cc1C(=O)O. The smallest absolute Gasteiger partial charge is 0.337 e. The van der Waals surface area contributed by atoms with Gasteiger partial charge in [-0.1, -0.05) is 29.3 Å². The van der Waals surface area contributed by atoms with E-state index in [-0.39, 0.29) is 0 Å². The average molecular weight is 326 g/mol. The molecule has 0 aromatic heterocycles. The van der Waals surface area contributed by atoms with Crippen molar-refractivity contribution in [2.75, 3.05) is 11.4 Å². The Bertz CT molecular complexity index is 459. The van der Waals surface area contributed by atoms with E-state index in [1.807, 2.05) is 12.1 Å². The van der Waals surface area contributed by atoms with Crippen LogP contribution in [0.25, 0.3) is 0 Å². The molecule has 1 heterocycles. The number of carboxylic acid groups (broad SMARTS) is 1. The van der Waals surface area contributed by atoms with E-state index in [0.717, 1.165) is 36.0 Å². The van der Waals surface area contributed by atoms with Crippen molar-refractivity contribution in [3.8, 4) is 0 Å². The van der Waals surface area contributed by atoms with Gasteiger partial charge >= 0.3 is 5.97 Å². The van der Waals surface area contributed by atoms with Gasteiger partial charge < -0.3 is 10.0 Å². The fourth-order valence-corrected chi connectivity index (χ4v) is 3.24. The average Bonchev–Trinajstić information content (AvgIpc) is 2.40. The highest BCUT2D eigenvalue weighted by atomic mass is 79.9. The highest BCUT2D eigenvalue weighted by Crippen LogP contribution is 2.31. The molecule has 1 aliphatic heterocycles. The van der Waals surface area contributed by atoms with Crippen LogP contribution < -0.4 is 4.90 Å². The van der Waals surface area contributed by atoms with Gasteiger partial charge in [-0.15, -0.1) is 0 Å². The molecule has 104 valence electrons. The predicted molar refractivity (Wildman–Crippen MR) is 81.0 cm³/mol. The van der Waals surface area contributed by atoms with Gasteiger partial charge in [0.1, 0.15) is 0 Å². The quantitative estimate of drug-likeness (QED) is 0.896. The van der Waals surface area contributed by atoms with Crippen LogP contribution in [0.3, 0.4) is 0 Å². The first-order chi connectivity index (χ1) is 9.13. The molecule has 1 aliphatic rings. The molecule has 1 saturated heterocycles. The molecule has 4 heteroatoms. The number of anilines is 1. The Balaban J connectivity index is 2.35. The fourth-order valence-electron chi connectivity index (χ4n) is 2.88. The van der Waals surface area contributed by atoms with E-state index in [1.54, 1.807) is 6.07 Å². The highest BCUT2D eigenvalue weighted by molar-refractivity contribution is 9.10. The fraction of sp³-hybridized carbons (Fsp3) is 0.533. The summed E-state index contributed by atoms with van der Waals surface area (Å²) in [6.07, 6.45) is 5.84. The molecule has 2 rings (SSSR count). The van der Waals surface area contributed by atoms with Crippen molar-refractivity contribution in [3.63, 3.8) is 0 Å². The Labute approximate surface area is 122 Å². The third kappa shape index (κ3) is 3.30. The minimum Gasteiger partial charge on any atom is -0.478 e. The Kier molecular flexibility index (Phi) is 4.86. The molecule has 1 N–H and O–H groups in total. The molecule has 1 aromatic rings. The Morgan fingerprint density at radius 1 is 1.47 bits per heavy atom. The van der Waals surface area contributed by atoms with Crippen LogP contribution in [0.1, 0.15) is 49.4 Å². The number of aromatic carboxylic acids is 1. The molecule has 1 atom stereocenters.